The molecule has 2 aromatic rings. The number of aromatic nitrogens is 3. The second-order valence-corrected chi connectivity index (χ2v) is 6.03. The van der Waals surface area contributed by atoms with E-state index in [1.54, 1.807) is 0 Å². The first kappa shape index (κ1) is 10.7. The lowest BCUT2D eigenvalue weighted by Gasteiger charge is -2.20. The zero-order valence-corrected chi connectivity index (χ0v) is 10.6. The highest BCUT2D eigenvalue weighted by molar-refractivity contribution is 5.43. The van der Waals surface area contributed by atoms with Gasteiger partial charge in [0.1, 0.15) is 5.82 Å². The molecule has 1 fully saturated rings. The Hall–Kier alpha value is -1.42. The van der Waals surface area contributed by atoms with Crippen molar-refractivity contribution >= 4 is 5.65 Å². The van der Waals surface area contributed by atoms with E-state index < -0.39 is 0 Å². The normalized spacial score (nSPS) is 18.6. The molecule has 4 nitrogen and oxygen atoms in total. The summed E-state index contributed by atoms with van der Waals surface area (Å²) >= 11 is 0. The van der Waals surface area contributed by atoms with E-state index in [1.165, 1.54) is 0 Å². The highest BCUT2D eigenvalue weighted by Gasteiger charge is 2.42. The minimum atomic E-state index is -0.165. The van der Waals surface area contributed by atoms with Crippen molar-refractivity contribution in [1.82, 2.24) is 14.6 Å². The molecule has 1 aliphatic rings. The van der Waals surface area contributed by atoms with E-state index >= 15 is 0 Å². The van der Waals surface area contributed by atoms with Gasteiger partial charge in [0.05, 0.1) is 5.54 Å². The standard InChI is InChI=1S/C13H18N4/c1-12(2,3)11-16-15-10-6-4-5-9(17(10)11)13(14)7-8-13/h4-6H,7-8,14H2,1-3H3. The van der Waals surface area contributed by atoms with Crippen molar-refractivity contribution in [3.63, 3.8) is 0 Å². The second kappa shape index (κ2) is 3.07. The molecule has 4 heteroatoms. The summed E-state index contributed by atoms with van der Waals surface area (Å²) in [6, 6.07) is 6.09. The van der Waals surface area contributed by atoms with E-state index in [9.17, 15) is 0 Å². The molecule has 2 N–H and O–H groups in total. The maximum Gasteiger partial charge on any atom is 0.161 e. The molecule has 90 valence electrons. The highest BCUT2D eigenvalue weighted by atomic mass is 15.3. The zero-order valence-electron chi connectivity index (χ0n) is 10.6. The first-order valence-electron chi connectivity index (χ1n) is 6.06. The van der Waals surface area contributed by atoms with Crippen LogP contribution in [0.4, 0.5) is 0 Å². The molecule has 2 aromatic heterocycles. The molecule has 0 amide bonds. The summed E-state index contributed by atoms with van der Waals surface area (Å²) in [5.74, 6) is 0.986. The Labute approximate surface area is 101 Å². The Morgan fingerprint density at radius 2 is 1.94 bits per heavy atom. The summed E-state index contributed by atoms with van der Waals surface area (Å²) in [5, 5.41) is 8.57. The average molecular weight is 230 g/mol. The molecule has 1 saturated carbocycles. The van der Waals surface area contributed by atoms with Crippen LogP contribution in [0.2, 0.25) is 0 Å². The van der Waals surface area contributed by atoms with Gasteiger partial charge in [0, 0.05) is 11.1 Å². The van der Waals surface area contributed by atoms with Crippen molar-refractivity contribution in [3.05, 3.63) is 29.7 Å². The van der Waals surface area contributed by atoms with Gasteiger partial charge in [-0.2, -0.15) is 0 Å². The van der Waals surface area contributed by atoms with Crippen molar-refractivity contribution in [1.29, 1.82) is 0 Å². The summed E-state index contributed by atoms with van der Waals surface area (Å²) in [6.07, 6.45) is 2.10. The quantitative estimate of drug-likeness (QED) is 0.815. The number of nitrogens with two attached hydrogens (primary N) is 1. The third-order valence-corrected chi connectivity index (χ3v) is 3.40. The fraction of sp³-hybridized carbons (Fsp3) is 0.538. The van der Waals surface area contributed by atoms with Crippen LogP contribution in [-0.2, 0) is 11.0 Å². The fourth-order valence-corrected chi connectivity index (χ4v) is 2.21. The lowest BCUT2D eigenvalue weighted by Crippen LogP contribution is -2.25. The van der Waals surface area contributed by atoms with Crippen LogP contribution in [0.5, 0.6) is 0 Å². The molecule has 17 heavy (non-hydrogen) atoms. The summed E-state index contributed by atoms with van der Waals surface area (Å²) < 4.78 is 2.13. The molecule has 0 radical (unpaired) electrons. The maximum absolute atomic E-state index is 6.33. The zero-order chi connectivity index (χ0) is 12.3. The van der Waals surface area contributed by atoms with Crippen LogP contribution in [0.3, 0.4) is 0 Å². The van der Waals surface area contributed by atoms with Gasteiger partial charge in [-0.1, -0.05) is 26.8 Å². The number of hydrogen-bond donors (Lipinski definition) is 1. The van der Waals surface area contributed by atoms with E-state index in [2.05, 4.69) is 41.4 Å². The highest BCUT2D eigenvalue weighted by Crippen LogP contribution is 2.43. The van der Waals surface area contributed by atoms with Crippen LogP contribution < -0.4 is 5.73 Å². The topological polar surface area (TPSA) is 56.2 Å². The molecule has 0 aromatic carbocycles. The number of hydrogen-bond acceptors (Lipinski definition) is 3. The van der Waals surface area contributed by atoms with Crippen LogP contribution in [0, 0.1) is 0 Å². The maximum atomic E-state index is 6.33. The predicted molar refractivity (Wildman–Crippen MR) is 66.8 cm³/mol. The molecule has 3 rings (SSSR count). The van der Waals surface area contributed by atoms with E-state index in [0.717, 1.165) is 30.0 Å². The summed E-state index contributed by atoms with van der Waals surface area (Å²) in [6.45, 7) is 6.45. The number of nitrogens with zero attached hydrogens (tertiary/aromatic N) is 3. The minimum absolute atomic E-state index is 0.0270. The molecular formula is C13H18N4. The molecule has 2 heterocycles. The van der Waals surface area contributed by atoms with E-state index in [1.807, 2.05) is 12.1 Å². The third-order valence-electron chi connectivity index (χ3n) is 3.40. The van der Waals surface area contributed by atoms with Crippen molar-refractivity contribution in [2.45, 2.75) is 44.6 Å². The summed E-state index contributed by atoms with van der Waals surface area (Å²) in [7, 11) is 0. The lowest BCUT2D eigenvalue weighted by atomic mass is 9.95. The smallest absolute Gasteiger partial charge is 0.161 e. The average Bonchev–Trinajstić information content (AvgIpc) is 2.84. The van der Waals surface area contributed by atoms with Crippen LogP contribution in [-0.4, -0.2) is 14.6 Å². The van der Waals surface area contributed by atoms with Crippen LogP contribution in [0.15, 0.2) is 18.2 Å². The van der Waals surface area contributed by atoms with E-state index in [-0.39, 0.29) is 11.0 Å². The van der Waals surface area contributed by atoms with Gasteiger partial charge in [-0.25, -0.2) is 0 Å². The second-order valence-electron chi connectivity index (χ2n) is 6.03. The molecule has 0 unspecified atom stereocenters. The van der Waals surface area contributed by atoms with Gasteiger partial charge in [0.25, 0.3) is 0 Å². The SMILES string of the molecule is CC(C)(C)c1nnc2cccc(C3(N)CC3)n12. The molecule has 1 aliphatic carbocycles. The Morgan fingerprint density at radius 1 is 1.24 bits per heavy atom. The van der Waals surface area contributed by atoms with E-state index in [4.69, 9.17) is 5.73 Å². The first-order chi connectivity index (χ1) is 7.92. The Morgan fingerprint density at radius 3 is 2.53 bits per heavy atom. The summed E-state index contributed by atoms with van der Waals surface area (Å²) in [4.78, 5) is 0. The molecule has 0 bridgehead atoms. The molecule has 0 spiro atoms. The van der Waals surface area contributed by atoms with Gasteiger partial charge in [0.2, 0.25) is 0 Å². The van der Waals surface area contributed by atoms with Gasteiger partial charge < -0.3 is 5.73 Å². The molecular weight excluding hydrogens is 212 g/mol. The van der Waals surface area contributed by atoms with Crippen molar-refractivity contribution in [3.8, 4) is 0 Å². The largest absolute Gasteiger partial charge is 0.320 e. The van der Waals surface area contributed by atoms with Crippen molar-refractivity contribution in [2.75, 3.05) is 0 Å². The number of fused-ring (bicyclic) bond motifs is 1. The Bertz CT molecular complexity index is 573. The molecule has 0 atom stereocenters. The Kier molecular flexibility index (Phi) is 1.94. The van der Waals surface area contributed by atoms with E-state index in [0.29, 0.717) is 0 Å². The Balaban J connectivity index is 2.32. The van der Waals surface area contributed by atoms with Crippen LogP contribution in [0.1, 0.15) is 45.1 Å². The molecule has 0 aliphatic heterocycles. The van der Waals surface area contributed by atoms with Crippen LogP contribution in [0.25, 0.3) is 5.65 Å². The van der Waals surface area contributed by atoms with Gasteiger partial charge in [-0.3, -0.25) is 4.40 Å². The molecule has 0 saturated heterocycles. The number of rotatable bonds is 1. The number of pyridine rings is 1. The fourth-order valence-electron chi connectivity index (χ4n) is 2.21. The third kappa shape index (κ3) is 1.55. The van der Waals surface area contributed by atoms with Gasteiger partial charge in [-0.05, 0) is 25.0 Å². The first-order valence-corrected chi connectivity index (χ1v) is 6.06. The van der Waals surface area contributed by atoms with Gasteiger partial charge >= 0.3 is 0 Å². The monoisotopic (exact) mass is 230 g/mol. The summed E-state index contributed by atoms with van der Waals surface area (Å²) in [5.41, 5.74) is 8.17. The van der Waals surface area contributed by atoms with Crippen molar-refractivity contribution < 1.29 is 0 Å². The van der Waals surface area contributed by atoms with Crippen molar-refractivity contribution in [2.24, 2.45) is 5.73 Å². The van der Waals surface area contributed by atoms with Crippen LogP contribution >= 0.6 is 0 Å². The van der Waals surface area contributed by atoms with Gasteiger partial charge in [-0.15, -0.1) is 10.2 Å². The van der Waals surface area contributed by atoms with Gasteiger partial charge in [0.15, 0.2) is 5.65 Å². The minimum Gasteiger partial charge on any atom is -0.320 e. The lowest BCUT2D eigenvalue weighted by molar-refractivity contribution is 0.528. The predicted octanol–water partition coefficient (Wildman–Crippen LogP) is 1.97.